The van der Waals surface area contributed by atoms with Crippen LogP contribution in [0.15, 0.2) is 18.2 Å². The molecule has 0 saturated carbocycles. The van der Waals surface area contributed by atoms with Crippen molar-refractivity contribution < 1.29 is 9.53 Å². The highest BCUT2D eigenvalue weighted by Gasteiger charge is 2.13. The molecule has 1 atom stereocenters. The molecule has 0 aromatic heterocycles. The van der Waals surface area contributed by atoms with E-state index in [1.807, 2.05) is 26.1 Å². The topological polar surface area (TPSA) is 29.5 Å². The fraction of sp³-hybridized carbons (Fsp3) is 0.500. The third-order valence-electron chi connectivity index (χ3n) is 2.86. The number of nitrogens with zero attached hydrogens (tertiary/aromatic N) is 1. The van der Waals surface area contributed by atoms with Crippen LogP contribution >= 0.6 is 15.9 Å². The zero-order chi connectivity index (χ0) is 13.7. The number of carbonyl (C=O) groups is 1. The van der Waals surface area contributed by atoms with Gasteiger partial charge >= 0.3 is 0 Å². The maximum atomic E-state index is 12.2. The van der Waals surface area contributed by atoms with Crippen LogP contribution in [0.1, 0.15) is 29.3 Å². The maximum Gasteiger partial charge on any atom is 0.253 e. The first kappa shape index (κ1) is 15.0. The molecule has 0 heterocycles. The largest absolute Gasteiger partial charge is 0.496 e. The van der Waals surface area contributed by atoms with Crippen LogP contribution in [0.2, 0.25) is 0 Å². The lowest BCUT2D eigenvalue weighted by atomic mass is 10.1. The van der Waals surface area contributed by atoms with E-state index < -0.39 is 0 Å². The van der Waals surface area contributed by atoms with E-state index in [0.29, 0.717) is 10.4 Å². The number of ether oxygens (including phenoxy) is 1. The van der Waals surface area contributed by atoms with Gasteiger partial charge in [0.05, 0.1) is 7.11 Å². The number of halogens is 1. The van der Waals surface area contributed by atoms with E-state index in [2.05, 4.69) is 22.9 Å². The van der Waals surface area contributed by atoms with E-state index in [1.54, 1.807) is 18.1 Å². The Labute approximate surface area is 117 Å². The molecule has 3 nitrogen and oxygen atoms in total. The molecule has 1 rings (SSSR count). The fourth-order valence-corrected chi connectivity index (χ4v) is 1.85. The Morgan fingerprint density at radius 1 is 1.50 bits per heavy atom. The van der Waals surface area contributed by atoms with Crippen molar-refractivity contribution in [2.75, 3.05) is 20.7 Å². The van der Waals surface area contributed by atoms with Crippen LogP contribution in [0.25, 0.3) is 0 Å². The lowest BCUT2D eigenvalue weighted by Gasteiger charge is -2.18. The van der Waals surface area contributed by atoms with Gasteiger partial charge in [-0.2, -0.15) is 0 Å². The molecule has 0 spiro atoms. The zero-order valence-electron chi connectivity index (χ0n) is 11.4. The number of hydrogen-bond donors (Lipinski definition) is 0. The third kappa shape index (κ3) is 4.02. The van der Waals surface area contributed by atoms with Crippen molar-refractivity contribution in [3.8, 4) is 5.75 Å². The zero-order valence-corrected chi connectivity index (χ0v) is 13.0. The van der Waals surface area contributed by atoms with Crippen molar-refractivity contribution in [3.05, 3.63) is 29.3 Å². The molecule has 0 aliphatic carbocycles. The third-order valence-corrected chi connectivity index (χ3v) is 3.32. The van der Waals surface area contributed by atoms with Crippen LogP contribution in [-0.4, -0.2) is 36.3 Å². The van der Waals surface area contributed by atoms with E-state index in [1.165, 1.54) is 0 Å². The van der Waals surface area contributed by atoms with Crippen LogP contribution in [0.3, 0.4) is 0 Å². The van der Waals surface area contributed by atoms with E-state index >= 15 is 0 Å². The van der Waals surface area contributed by atoms with Crippen LogP contribution in [0.4, 0.5) is 0 Å². The summed E-state index contributed by atoms with van der Waals surface area (Å²) in [5.41, 5.74) is 1.70. The summed E-state index contributed by atoms with van der Waals surface area (Å²) >= 11 is 3.48. The van der Waals surface area contributed by atoms with Crippen molar-refractivity contribution >= 4 is 21.8 Å². The number of aryl methyl sites for hydroxylation is 1. The van der Waals surface area contributed by atoms with Crippen LogP contribution in [0, 0.1) is 6.92 Å². The number of methoxy groups -OCH3 is 1. The molecule has 100 valence electrons. The van der Waals surface area contributed by atoms with Crippen molar-refractivity contribution in [1.29, 1.82) is 0 Å². The number of amides is 1. The SMILES string of the molecule is COc1cc(C(=O)N(C)CCC(C)Br)ccc1C. The molecule has 0 fully saturated rings. The highest BCUT2D eigenvalue weighted by atomic mass is 79.9. The Bertz CT molecular complexity index is 418. The molecule has 1 aromatic rings. The Kier molecular flexibility index (Phi) is 5.66. The summed E-state index contributed by atoms with van der Waals surface area (Å²) in [4.78, 5) is 14.3. The normalized spacial score (nSPS) is 12.1. The second-order valence-corrected chi connectivity index (χ2v) is 6.04. The van der Waals surface area contributed by atoms with Gasteiger partial charge in [-0.3, -0.25) is 4.79 Å². The first-order chi connectivity index (χ1) is 8.45. The number of hydrogen-bond acceptors (Lipinski definition) is 2. The predicted octanol–water partition coefficient (Wildman–Crippen LogP) is 3.25. The van der Waals surface area contributed by atoms with Gasteiger partial charge in [-0.15, -0.1) is 0 Å². The molecule has 0 aliphatic rings. The molecular weight excluding hydrogens is 294 g/mol. The number of benzene rings is 1. The molecular formula is C14H20BrNO2. The van der Waals surface area contributed by atoms with Gasteiger partial charge in [0.2, 0.25) is 0 Å². The van der Waals surface area contributed by atoms with Crippen LogP contribution in [-0.2, 0) is 0 Å². The Morgan fingerprint density at radius 2 is 2.17 bits per heavy atom. The predicted molar refractivity (Wildman–Crippen MR) is 77.7 cm³/mol. The van der Waals surface area contributed by atoms with E-state index in [0.717, 1.165) is 24.3 Å². The van der Waals surface area contributed by atoms with E-state index in [-0.39, 0.29) is 5.91 Å². The summed E-state index contributed by atoms with van der Waals surface area (Å²) in [6, 6.07) is 5.55. The number of alkyl halides is 1. The van der Waals surface area contributed by atoms with Crippen molar-refractivity contribution in [2.24, 2.45) is 0 Å². The Morgan fingerprint density at radius 3 is 2.72 bits per heavy atom. The van der Waals surface area contributed by atoms with Gasteiger partial charge in [0.1, 0.15) is 5.75 Å². The molecule has 18 heavy (non-hydrogen) atoms. The molecule has 0 N–H and O–H groups in total. The van der Waals surface area contributed by atoms with Crippen molar-refractivity contribution in [3.63, 3.8) is 0 Å². The van der Waals surface area contributed by atoms with Crippen molar-refractivity contribution in [2.45, 2.75) is 25.1 Å². The fourth-order valence-electron chi connectivity index (χ4n) is 1.65. The van der Waals surface area contributed by atoms with Crippen LogP contribution in [0.5, 0.6) is 5.75 Å². The molecule has 0 bridgehead atoms. The minimum absolute atomic E-state index is 0.0291. The van der Waals surface area contributed by atoms with Gasteiger partial charge in [-0.25, -0.2) is 0 Å². The molecule has 1 unspecified atom stereocenters. The summed E-state index contributed by atoms with van der Waals surface area (Å²) in [6.45, 7) is 4.78. The Balaban J connectivity index is 2.77. The molecule has 1 amide bonds. The highest BCUT2D eigenvalue weighted by Crippen LogP contribution is 2.20. The second-order valence-electron chi connectivity index (χ2n) is 4.48. The smallest absolute Gasteiger partial charge is 0.253 e. The standard InChI is InChI=1S/C14H20BrNO2/c1-10-5-6-12(9-13(10)18-4)14(17)16(3)8-7-11(2)15/h5-6,9,11H,7-8H2,1-4H3. The lowest BCUT2D eigenvalue weighted by Crippen LogP contribution is -2.28. The number of carbonyl (C=O) groups excluding carboxylic acids is 1. The molecule has 0 saturated heterocycles. The second kappa shape index (κ2) is 6.78. The lowest BCUT2D eigenvalue weighted by molar-refractivity contribution is 0.0793. The van der Waals surface area contributed by atoms with Gasteiger partial charge in [0.15, 0.2) is 0 Å². The van der Waals surface area contributed by atoms with Gasteiger partial charge in [0.25, 0.3) is 5.91 Å². The molecule has 1 aromatic carbocycles. The minimum atomic E-state index is 0.0291. The summed E-state index contributed by atoms with van der Waals surface area (Å²) in [5, 5.41) is 0. The molecule has 4 heteroatoms. The van der Waals surface area contributed by atoms with Crippen LogP contribution < -0.4 is 4.74 Å². The maximum absolute atomic E-state index is 12.2. The van der Waals surface area contributed by atoms with Gasteiger partial charge < -0.3 is 9.64 Å². The molecule has 0 aliphatic heterocycles. The van der Waals surface area contributed by atoms with E-state index in [4.69, 9.17) is 4.74 Å². The first-order valence-corrected chi connectivity index (χ1v) is 6.91. The summed E-state index contributed by atoms with van der Waals surface area (Å²) < 4.78 is 5.24. The average molecular weight is 314 g/mol. The average Bonchev–Trinajstić information content (AvgIpc) is 2.35. The first-order valence-electron chi connectivity index (χ1n) is 6.00. The monoisotopic (exact) mass is 313 g/mol. The summed E-state index contributed by atoms with van der Waals surface area (Å²) in [5.74, 6) is 0.782. The summed E-state index contributed by atoms with van der Waals surface area (Å²) in [7, 11) is 3.44. The highest BCUT2D eigenvalue weighted by molar-refractivity contribution is 9.09. The molecule has 0 radical (unpaired) electrons. The number of rotatable bonds is 5. The van der Waals surface area contributed by atoms with Gasteiger partial charge in [0, 0.05) is 24.0 Å². The van der Waals surface area contributed by atoms with E-state index in [9.17, 15) is 4.79 Å². The van der Waals surface area contributed by atoms with Gasteiger partial charge in [-0.05, 0) is 31.0 Å². The van der Waals surface area contributed by atoms with Crippen molar-refractivity contribution in [1.82, 2.24) is 4.90 Å². The minimum Gasteiger partial charge on any atom is -0.496 e. The van der Waals surface area contributed by atoms with Gasteiger partial charge in [-0.1, -0.05) is 28.9 Å². The Hall–Kier alpha value is -1.03. The summed E-state index contributed by atoms with van der Waals surface area (Å²) in [6.07, 6.45) is 0.936. The quantitative estimate of drug-likeness (QED) is 0.781.